The molecule has 0 radical (unpaired) electrons. The van der Waals surface area contributed by atoms with Crippen LogP contribution >= 0.6 is 0 Å². The zero-order valence-electron chi connectivity index (χ0n) is 15.3. The summed E-state index contributed by atoms with van der Waals surface area (Å²) in [5.74, 6) is 0.680. The number of fused-ring (bicyclic) bond motifs is 1. The molecule has 0 aliphatic carbocycles. The number of ketones is 1. The van der Waals surface area contributed by atoms with Crippen LogP contribution < -0.4 is 5.56 Å². The van der Waals surface area contributed by atoms with E-state index in [1.165, 1.54) is 21.8 Å². The molecule has 4 aromatic rings. The van der Waals surface area contributed by atoms with Gasteiger partial charge in [0, 0.05) is 24.0 Å². The van der Waals surface area contributed by atoms with Crippen molar-refractivity contribution in [3.63, 3.8) is 0 Å². The topological polar surface area (TPSA) is 87.9 Å². The molecule has 0 bridgehead atoms. The van der Waals surface area contributed by atoms with Crippen LogP contribution in [-0.4, -0.2) is 29.7 Å². The van der Waals surface area contributed by atoms with Crippen molar-refractivity contribution in [2.45, 2.75) is 26.9 Å². The second kappa shape index (κ2) is 6.39. The van der Waals surface area contributed by atoms with Crippen LogP contribution in [0.1, 0.15) is 27.5 Å². The first-order valence-corrected chi connectivity index (χ1v) is 8.55. The van der Waals surface area contributed by atoms with Gasteiger partial charge in [-0.15, -0.1) is 0 Å². The van der Waals surface area contributed by atoms with E-state index in [-0.39, 0.29) is 17.9 Å². The van der Waals surface area contributed by atoms with Crippen LogP contribution in [0.2, 0.25) is 0 Å². The second-order valence-corrected chi connectivity index (χ2v) is 6.56. The molecule has 0 saturated heterocycles. The minimum atomic E-state index is -0.272. The molecule has 27 heavy (non-hydrogen) atoms. The standard InChI is InChI=1S/C19H19N5O3/c1-12-7-15(13(2)24(12)9-14-5-4-6-27-14)17(25)10-23-11-20-18-16(19(23)26)8-21-22(18)3/h4-8,11H,9-10H2,1-3H3. The van der Waals surface area contributed by atoms with Crippen molar-refractivity contribution < 1.29 is 9.21 Å². The van der Waals surface area contributed by atoms with Crippen molar-refractivity contribution in [2.75, 3.05) is 0 Å². The van der Waals surface area contributed by atoms with Crippen molar-refractivity contribution in [1.29, 1.82) is 0 Å². The van der Waals surface area contributed by atoms with Gasteiger partial charge in [0.2, 0.25) is 0 Å². The van der Waals surface area contributed by atoms with E-state index in [0.29, 0.717) is 23.1 Å². The number of furan rings is 1. The molecule has 0 aromatic carbocycles. The maximum absolute atomic E-state index is 12.9. The number of carbonyl (C=O) groups excluding carboxylic acids is 1. The molecule has 0 unspecified atom stereocenters. The van der Waals surface area contributed by atoms with Gasteiger partial charge in [0.15, 0.2) is 11.4 Å². The first-order chi connectivity index (χ1) is 13.0. The molecule has 0 fully saturated rings. The normalized spacial score (nSPS) is 11.4. The zero-order valence-corrected chi connectivity index (χ0v) is 15.3. The first-order valence-electron chi connectivity index (χ1n) is 8.55. The molecule has 138 valence electrons. The van der Waals surface area contributed by atoms with Crippen LogP contribution in [0.25, 0.3) is 11.0 Å². The summed E-state index contributed by atoms with van der Waals surface area (Å²) in [4.78, 5) is 29.7. The largest absolute Gasteiger partial charge is 0.467 e. The number of hydrogen-bond donors (Lipinski definition) is 0. The van der Waals surface area contributed by atoms with Gasteiger partial charge in [-0.1, -0.05) is 0 Å². The Morgan fingerprint density at radius 1 is 1.30 bits per heavy atom. The molecule has 8 heteroatoms. The Labute approximate surface area is 154 Å². The second-order valence-electron chi connectivity index (χ2n) is 6.56. The highest BCUT2D eigenvalue weighted by Crippen LogP contribution is 2.18. The molecule has 0 atom stereocenters. The highest BCUT2D eigenvalue weighted by atomic mass is 16.3. The van der Waals surface area contributed by atoms with E-state index in [2.05, 4.69) is 10.1 Å². The van der Waals surface area contributed by atoms with Gasteiger partial charge in [-0.3, -0.25) is 18.8 Å². The molecule has 0 N–H and O–H groups in total. The maximum Gasteiger partial charge on any atom is 0.264 e. The highest BCUT2D eigenvalue weighted by molar-refractivity contribution is 5.97. The number of carbonyl (C=O) groups is 1. The van der Waals surface area contributed by atoms with Gasteiger partial charge in [-0.2, -0.15) is 5.10 Å². The van der Waals surface area contributed by atoms with Crippen molar-refractivity contribution in [1.82, 2.24) is 23.9 Å². The Morgan fingerprint density at radius 2 is 2.11 bits per heavy atom. The molecule has 0 aliphatic rings. The fraction of sp³-hybridized carbons (Fsp3) is 0.263. The number of nitrogens with zero attached hydrogens (tertiary/aromatic N) is 5. The summed E-state index contributed by atoms with van der Waals surface area (Å²) in [6.45, 7) is 4.33. The van der Waals surface area contributed by atoms with E-state index in [1.54, 1.807) is 13.3 Å². The van der Waals surface area contributed by atoms with Gasteiger partial charge in [-0.05, 0) is 32.0 Å². The van der Waals surface area contributed by atoms with Gasteiger partial charge in [0.1, 0.15) is 17.5 Å². The molecule has 0 spiro atoms. The molecule has 4 rings (SSSR count). The minimum Gasteiger partial charge on any atom is -0.467 e. The summed E-state index contributed by atoms with van der Waals surface area (Å²) < 4.78 is 10.3. The fourth-order valence-electron chi connectivity index (χ4n) is 3.30. The number of aryl methyl sites for hydroxylation is 2. The van der Waals surface area contributed by atoms with Crippen LogP contribution in [0, 0.1) is 13.8 Å². The maximum atomic E-state index is 12.9. The summed E-state index contributed by atoms with van der Waals surface area (Å²) >= 11 is 0. The average molecular weight is 365 g/mol. The predicted octanol–water partition coefficient (Wildman–Crippen LogP) is 2.07. The summed E-state index contributed by atoms with van der Waals surface area (Å²) in [5, 5.41) is 4.44. The number of rotatable bonds is 5. The van der Waals surface area contributed by atoms with E-state index >= 15 is 0 Å². The highest BCUT2D eigenvalue weighted by Gasteiger charge is 2.18. The summed E-state index contributed by atoms with van der Waals surface area (Å²) in [5.41, 5.74) is 2.63. The quantitative estimate of drug-likeness (QED) is 0.505. The Balaban J connectivity index is 1.64. The summed E-state index contributed by atoms with van der Waals surface area (Å²) in [7, 11) is 1.72. The summed E-state index contributed by atoms with van der Waals surface area (Å²) in [6.07, 6.45) is 4.50. The predicted molar refractivity (Wildman–Crippen MR) is 98.8 cm³/mol. The molecular weight excluding hydrogens is 346 g/mol. The lowest BCUT2D eigenvalue weighted by atomic mass is 10.1. The van der Waals surface area contributed by atoms with Gasteiger partial charge in [0.05, 0.1) is 25.5 Å². The van der Waals surface area contributed by atoms with E-state index in [9.17, 15) is 9.59 Å². The lowest BCUT2D eigenvalue weighted by Crippen LogP contribution is -2.24. The Bertz CT molecular complexity index is 1190. The van der Waals surface area contributed by atoms with Gasteiger partial charge >= 0.3 is 0 Å². The van der Waals surface area contributed by atoms with Crippen LogP contribution in [-0.2, 0) is 20.1 Å². The monoisotopic (exact) mass is 365 g/mol. The third-order valence-electron chi connectivity index (χ3n) is 4.80. The fourth-order valence-corrected chi connectivity index (χ4v) is 3.30. The third kappa shape index (κ3) is 2.88. The van der Waals surface area contributed by atoms with Crippen LogP contribution in [0.3, 0.4) is 0 Å². The molecular formula is C19H19N5O3. The molecule has 8 nitrogen and oxygen atoms in total. The lowest BCUT2D eigenvalue weighted by molar-refractivity contribution is 0.0970. The average Bonchev–Trinajstić information content (AvgIpc) is 3.35. The van der Waals surface area contributed by atoms with Gasteiger partial charge in [-0.25, -0.2) is 4.98 Å². The van der Waals surface area contributed by atoms with Gasteiger partial charge < -0.3 is 8.98 Å². The van der Waals surface area contributed by atoms with Crippen LogP contribution in [0.4, 0.5) is 0 Å². The number of Topliss-reactive ketones (excluding diaryl/α,β-unsaturated/α-hetero) is 1. The Morgan fingerprint density at radius 3 is 2.85 bits per heavy atom. The zero-order chi connectivity index (χ0) is 19.1. The molecule has 0 amide bonds. The Hall–Kier alpha value is -3.42. The molecule has 4 aromatic heterocycles. The van der Waals surface area contributed by atoms with E-state index in [1.807, 2.05) is 36.6 Å². The molecule has 4 heterocycles. The smallest absolute Gasteiger partial charge is 0.264 e. The van der Waals surface area contributed by atoms with Gasteiger partial charge in [0.25, 0.3) is 5.56 Å². The van der Waals surface area contributed by atoms with E-state index < -0.39 is 0 Å². The molecule has 0 saturated carbocycles. The van der Waals surface area contributed by atoms with Crippen molar-refractivity contribution in [3.8, 4) is 0 Å². The summed E-state index contributed by atoms with van der Waals surface area (Å²) in [6, 6.07) is 5.58. The van der Waals surface area contributed by atoms with Crippen molar-refractivity contribution in [2.24, 2.45) is 7.05 Å². The van der Waals surface area contributed by atoms with Crippen LogP contribution in [0.5, 0.6) is 0 Å². The Kier molecular flexibility index (Phi) is 4.02. The third-order valence-corrected chi connectivity index (χ3v) is 4.80. The lowest BCUT2D eigenvalue weighted by Gasteiger charge is -2.08. The SMILES string of the molecule is Cc1cc(C(=O)Cn2cnc3c(cnn3C)c2=O)c(C)n1Cc1ccco1. The van der Waals surface area contributed by atoms with Crippen molar-refractivity contribution >= 4 is 16.8 Å². The molecule has 0 aliphatic heterocycles. The first kappa shape index (κ1) is 17.0. The minimum absolute atomic E-state index is 0.0677. The van der Waals surface area contributed by atoms with E-state index in [0.717, 1.165) is 17.1 Å². The number of hydrogen-bond acceptors (Lipinski definition) is 5. The van der Waals surface area contributed by atoms with Crippen LogP contribution in [0.15, 0.2) is 46.2 Å². The van der Waals surface area contributed by atoms with E-state index in [4.69, 9.17) is 4.42 Å². The number of aromatic nitrogens is 5. The van der Waals surface area contributed by atoms with Crippen molar-refractivity contribution in [3.05, 3.63) is 70.1 Å².